The number of esters is 1. The molecule has 6 rings (SSSR count). The number of phenols is 1. The van der Waals surface area contributed by atoms with Gasteiger partial charge in [0.2, 0.25) is 15.9 Å². The van der Waals surface area contributed by atoms with Crippen molar-refractivity contribution in [2.75, 3.05) is 49.8 Å². The Labute approximate surface area is 297 Å². The van der Waals surface area contributed by atoms with E-state index in [9.17, 15) is 23.1 Å². The molecule has 10 nitrogen and oxygen atoms in total. The molecule has 0 aliphatic carbocycles. The van der Waals surface area contributed by atoms with Gasteiger partial charge in [-0.05, 0) is 76.7 Å². The summed E-state index contributed by atoms with van der Waals surface area (Å²) >= 11 is 0. The van der Waals surface area contributed by atoms with E-state index < -0.39 is 28.4 Å². The number of nitrogens with zero attached hydrogens (tertiary/aromatic N) is 2. The summed E-state index contributed by atoms with van der Waals surface area (Å²) in [6.45, 7) is 2.36. The normalized spacial score (nSPS) is 13.1. The minimum absolute atomic E-state index is 0.0313. The molecule has 2 N–H and O–H groups in total. The fourth-order valence-electron chi connectivity index (χ4n) is 6.04. The molecule has 0 saturated carbocycles. The van der Waals surface area contributed by atoms with Crippen LogP contribution in [0.2, 0.25) is 0 Å². The Bertz CT molecular complexity index is 2080. The second kappa shape index (κ2) is 16.0. The highest BCUT2D eigenvalue weighted by molar-refractivity contribution is 7.89. The van der Waals surface area contributed by atoms with Crippen LogP contribution in [0, 0.1) is 0 Å². The molecule has 0 atom stereocenters. The Kier molecular flexibility index (Phi) is 11.1. The summed E-state index contributed by atoms with van der Waals surface area (Å²) in [5.41, 5.74) is 5.68. The summed E-state index contributed by atoms with van der Waals surface area (Å²) in [6.07, 6.45) is 0.509. The van der Waals surface area contributed by atoms with E-state index in [1.54, 1.807) is 18.2 Å². The first-order valence-corrected chi connectivity index (χ1v) is 18.1. The number of sulfonamides is 1. The molecule has 1 fully saturated rings. The number of carbonyl (C=O) groups excluding carboxylic acids is 2. The van der Waals surface area contributed by atoms with Crippen molar-refractivity contribution >= 4 is 33.3 Å². The quantitative estimate of drug-likeness (QED) is 0.157. The molecule has 0 radical (unpaired) electrons. The molecule has 5 aromatic rings. The van der Waals surface area contributed by atoms with E-state index in [4.69, 9.17) is 9.47 Å². The highest BCUT2D eigenvalue weighted by Crippen LogP contribution is 2.30. The smallest absolute Gasteiger partial charge is 0.341 e. The van der Waals surface area contributed by atoms with Gasteiger partial charge in [-0.25, -0.2) is 17.9 Å². The number of amides is 1. The Hall–Kier alpha value is -5.49. The van der Waals surface area contributed by atoms with Crippen molar-refractivity contribution in [2.45, 2.75) is 17.9 Å². The van der Waals surface area contributed by atoms with E-state index in [1.165, 1.54) is 30.2 Å². The van der Waals surface area contributed by atoms with E-state index in [0.717, 1.165) is 46.6 Å². The third kappa shape index (κ3) is 8.64. The van der Waals surface area contributed by atoms with Crippen molar-refractivity contribution in [3.8, 4) is 16.9 Å². The molecule has 51 heavy (non-hydrogen) atoms. The van der Waals surface area contributed by atoms with Crippen LogP contribution < -0.4 is 14.5 Å². The van der Waals surface area contributed by atoms with Crippen LogP contribution in [0.3, 0.4) is 0 Å². The first kappa shape index (κ1) is 35.3. The molecule has 1 amide bonds. The second-order valence-electron chi connectivity index (χ2n) is 12.1. The molecule has 1 saturated heterocycles. The van der Waals surface area contributed by atoms with E-state index in [1.807, 2.05) is 84.9 Å². The van der Waals surface area contributed by atoms with Gasteiger partial charge in [-0.2, -0.15) is 0 Å². The predicted molar refractivity (Wildman–Crippen MR) is 196 cm³/mol. The number of ether oxygens (including phenoxy) is 2. The molecular weight excluding hydrogens is 667 g/mol. The van der Waals surface area contributed by atoms with Crippen molar-refractivity contribution in [1.82, 2.24) is 4.72 Å². The van der Waals surface area contributed by atoms with E-state index in [-0.39, 0.29) is 28.4 Å². The average molecular weight is 706 g/mol. The molecule has 0 aromatic heterocycles. The Morgan fingerprint density at radius 3 is 2.22 bits per heavy atom. The highest BCUT2D eigenvalue weighted by atomic mass is 32.2. The van der Waals surface area contributed by atoms with Crippen molar-refractivity contribution in [3.05, 3.63) is 144 Å². The molecule has 0 unspecified atom stereocenters. The molecule has 262 valence electrons. The SMILES string of the molecule is COC(=O)c1cc(N(Cc2ccc(N3CCOCC3)cc2)C(=O)CNS(=O)(=O)c2ccc(-c3ccccc3)c(Cc3ccccc3)c2)ccc1O. The highest BCUT2D eigenvalue weighted by Gasteiger charge is 2.24. The summed E-state index contributed by atoms with van der Waals surface area (Å²) in [6, 6.07) is 36.4. The second-order valence-corrected chi connectivity index (χ2v) is 13.9. The predicted octanol–water partition coefficient (Wildman–Crippen LogP) is 5.78. The number of benzene rings is 5. The number of methoxy groups -OCH3 is 1. The summed E-state index contributed by atoms with van der Waals surface area (Å²) in [4.78, 5) is 29.9. The van der Waals surface area contributed by atoms with E-state index >= 15 is 0 Å². The molecule has 11 heteroatoms. The number of morpholine rings is 1. The van der Waals surface area contributed by atoms with Gasteiger partial charge in [0.05, 0.1) is 38.3 Å². The van der Waals surface area contributed by atoms with Crippen LogP contribution in [0.5, 0.6) is 5.75 Å². The fourth-order valence-corrected chi connectivity index (χ4v) is 7.06. The Morgan fingerprint density at radius 2 is 1.53 bits per heavy atom. The number of anilines is 2. The lowest BCUT2D eigenvalue weighted by Crippen LogP contribution is -2.40. The van der Waals surface area contributed by atoms with Crippen LogP contribution >= 0.6 is 0 Å². The van der Waals surface area contributed by atoms with Crippen LogP contribution in [0.4, 0.5) is 11.4 Å². The van der Waals surface area contributed by atoms with Crippen LogP contribution in [0.25, 0.3) is 11.1 Å². The zero-order chi connectivity index (χ0) is 35.8. The van der Waals surface area contributed by atoms with Gasteiger partial charge in [-0.15, -0.1) is 0 Å². The standard InChI is InChI=1S/C40H39N3O7S/c1-49-40(46)37-26-34(16-19-38(37)44)43(28-30-12-14-33(15-13-30)42-20-22-50-23-21-42)39(45)27-41-51(47,48)35-17-18-36(31-10-6-3-7-11-31)32(25-35)24-29-8-4-2-5-9-29/h2-19,25-26,41,44H,20-24,27-28H2,1H3. The maximum absolute atomic E-state index is 13.9. The van der Waals surface area contributed by atoms with Gasteiger partial charge in [-0.3, -0.25) is 4.79 Å². The van der Waals surface area contributed by atoms with Crippen molar-refractivity contribution < 1.29 is 32.6 Å². The van der Waals surface area contributed by atoms with Crippen molar-refractivity contribution in [2.24, 2.45) is 0 Å². The van der Waals surface area contributed by atoms with Crippen molar-refractivity contribution in [3.63, 3.8) is 0 Å². The lowest BCUT2D eigenvalue weighted by Gasteiger charge is -2.29. The van der Waals surface area contributed by atoms with Crippen LogP contribution in [0.15, 0.2) is 126 Å². The van der Waals surface area contributed by atoms with Crippen LogP contribution in [-0.4, -0.2) is 65.4 Å². The third-order valence-corrected chi connectivity index (χ3v) is 10.2. The average Bonchev–Trinajstić information content (AvgIpc) is 3.17. The molecule has 0 bridgehead atoms. The summed E-state index contributed by atoms with van der Waals surface area (Å²) in [5, 5.41) is 10.3. The number of hydrogen-bond donors (Lipinski definition) is 2. The van der Waals surface area contributed by atoms with E-state index in [0.29, 0.717) is 19.6 Å². The number of phenolic OH excluding ortho intramolecular Hbond substituents is 1. The number of nitrogens with one attached hydrogen (secondary N) is 1. The lowest BCUT2D eigenvalue weighted by atomic mass is 9.95. The number of carbonyl (C=O) groups is 2. The van der Waals surface area contributed by atoms with Crippen LogP contribution in [0.1, 0.15) is 27.0 Å². The lowest BCUT2D eigenvalue weighted by molar-refractivity contribution is -0.117. The van der Waals surface area contributed by atoms with Crippen LogP contribution in [-0.2, 0) is 37.3 Å². The number of rotatable bonds is 12. The van der Waals surface area contributed by atoms with Gasteiger partial charge < -0.3 is 24.4 Å². The third-order valence-electron chi connectivity index (χ3n) is 8.77. The largest absolute Gasteiger partial charge is 0.507 e. The zero-order valence-electron chi connectivity index (χ0n) is 28.2. The number of aromatic hydroxyl groups is 1. The summed E-state index contributed by atoms with van der Waals surface area (Å²) in [7, 11) is -2.94. The monoisotopic (exact) mass is 705 g/mol. The Morgan fingerprint density at radius 1 is 0.843 bits per heavy atom. The summed E-state index contributed by atoms with van der Waals surface area (Å²) in [5.74, 6) is -1.65. The van der Waals surface area contributed by atoms with E-state index in [2.05, 4.69) is 9.62 Å². The van der Waals surface area contributed by atoms with Gasteiger partial charge in [0.15, 0.2) is 0 Å². The minimum Gasteiger partial charge on any atom is -0.507 e. The van der Waals surface area contributed by atoms with Gasteiger partial charge in [-0.1, -0.05) is 78.9 Å². The van der Waals surface area contributed by atoms with Crippen molar-refractivity contribution in [1.29, 1.82) is 0 Å². The fraction of sp³-hybridized carbons (Fsp3) is 0.200. The van der Waals surface area contributed by atoms with Gasteiger partial charge in [0.1, 0.15) is 11.3 Å². The number of hydrogen-bond acceptors (Lipinski definition) is 8. The Balaban J connectivity index is 1.26. The maximum atomic E-state index is 13.9. The summed E-state index contributed by atoms with van der Waals surface area (Å²) < 4.78 is 40.2. The first-order valence-electron chi connectivity index (χ1n) is 16.6. The van der Waals surface area contributed by atoms with Gasteiger partial charge in [0, 0.05) is 24.5 Å². The molecule has 1 aliphatic rings. The van der Waals surface area contributed by atoms with Gasteiger partial charge >= 0.3 is 5.97 Å². The minimum atomic E-state index is -4.14. The molecule has 1 heterocycles. The van der Waals surface area contributed by atoms with Gasteiger partial charge in [0.25, 0.3) is 0 Å². The molecule has 0 spiro atoms. The molecular formula is C40H39N3O7S. The molecule has 5 aromatic carbocycles. The topological polar surface area (TPSA) is 125 Å². The zero-order valence-corrected chi connectivity index (χ0v) is 29.0. The molecule has 1 aliphatic heterocycles. The maximum Gasteiger partial charge on any atom is 0.341 e. The first-order chi connectivity index (χ1) is 24.7.